The quantitative estimate of drug-likeness (QED) is 0.827. The number of likely N-dealkylation sites (N-methyl/N-ethyl adjacent to an activating group) is 1. The minimum atomic E-state index is -0.851. The fraction of sp³-hybridized carbons (Fsp3) is 0.500. The first-order chi connectivity index (χ1) is 11.1. The highest BCUT2D eigenvalue weighted by Crippen LogP contribution is 2.26. The van der Waals surface area contributed by atoms with E-state index in [4.69, 9.17) is 5.73 Å². The number of hydrogen-bond acceptors (Lipinski definition) is 4. The lowest BCUT2D eigenvalue weighted by molar-refractivity contribution is -0.134. The van der Waals surface area contributed by atoms with Crippen molar-refractivity contribution in [3.63, 3.8) is 0 Å². The van der Waals surface area contributed by atoms with E-state index in [9.17, 15) is 14.4 Å². The Bertz CT molecular complexity index is 697. The van der Waals surface area contributed by atoms with Crippen LogP contribution in [0.15, 0.2) is 18.2 Å². The maximum atomic E-state index is 12.7. The first kappa shape index (κ1) is 18.1. The summed E-state index contributed by atoms with van der Waals surface area (Å²) < 4.78 is 0. The van der Waals surface area contributed by atoms with Gasteiger partial charge in [0.15, 0.2) is 0 Å². The van der Waals surface area contributed by atoms with Crippen LogP contribution < -0.4 is 5.73 Å². The molecule has 0 radical (unpaired) electrons. The Kier molecular flexibility index (Phi) is 4.80. The van der Waals surface area contributed by atoms with E-state index in [0.717, 1.165) is 10.5 Å². The number of nitrogens with zero attached hydrogens (tertiary/aromatic N) is 2. The summed E-state index contributed by atoms with van der Waals surface area (Å²) in [5.74, 6) is -1.10. The molecule has 3 amide bonds. The van der Waals surface area contributed by atoms with E-state index in [2.05, 4.69) is 0 Å². The van der Waals surface area contributed by atoms with E-state index in [1.165, 1.54) is 4.90 Å². The second kappa shape index (κ2) is 6.36. The summed E-state index contributed by atoms with van der Waals surface area (Å²) in [5.41, 5.74) is 7.10. The van der Waals surface area contributed by atoms with E-state index in [0.29, 0.717) is 24.2 Å². The van der Waals surface area contributed by atoms with Crippen molar-refractivity contribution in [2.75, 3.05) is 20.1 Å². The molecule has 1 aromatic carbocycles. The zero-order valence-corrected chi connectivity index (χ0v) is 14.9. The highest BCUT2D eigenvalue weighted by atomic mass is 16.2. The second-order valence-electron chi connectivity index (χ2n) is 7.27. The largest absolute Gasteiger partial charge is 0.343 e. The molecule has 2 N–H and O–H groups in total. The van der Waals surface area contributed by atoms with Crippen molar-refractivity contribution in [2.24, 2.45) is 11.1 Å². The Morgan fingerprint density at radius 2 is 1.83 bits per heavy atom. The predicted molar refractivity (Wildman–Crippen MR) is 91.6 cm³/mol. The molecule has 0 aromatic heterocycles. The maximum absolute atomic E-state index is 12.7. The van der Waals surface area contributed by atoms with Crippen molar-refractivity contribution in [2.45, 2.75) is 33.7 Å². The lowest BCUT2D eigenvalue weighted by Crippen LogP contribution is -2.50. The Labute approximate surface area is 142 Å². The fourth-order valence-electron chi connectivity index (χ4n) is 2.94. The van der Waals surface area contributed by atoms with Gasteiger partial charge in [0.1, 0.15) is 6.04 Å². The third kappa shape index (κ3) is 3.19. The summed E-state index contributed by atoms with van der Waals surface area (Å²) in [6, 6.07) is 4.27. The van der Waals surface area contributed by atoms with Crippen molar-refractivity contribution in [1.82, 2.24) is 9.80 Å². The summed E-state index contributed by atoms with van der Waals surface area (Å²) in [4.78, 5) is 40.4. The second-order valence-corrected chi connectivity index (χ2v) is 7.27. The molecule has 2 rings (SSSR count). The lowest BCUT2D eigenvalue weighted by atomic mass is 9.93. The molecule has 1 aromatic rings. The summed E-state index contributed by atoms with van der Waals surface area (Å²) >= 11 is 0. The molecular weight excluding hydrogens is 306 g/mol. The summed E-state index contributed by atoms with van der Waals surface area (Å²) in [5, 5.41) is 0. The van der Waals surface area contributed by atoms with Crippen LogP contribution in [0.3, 0.4) is 0 Å². The van der Waals surface area contributed by atoms with Gasteiger partial charge in [0.05, 0.1) is 11.1 Å². The van der Waals surface area contributed by atoms with Crippen molar-refractivity contribution >= 4 is 17.7 Å². The average Bonchev–Trinajstić information content (AvgIpc) is 2.76. The molecule has 6 nitrogen and oxygen atoms in total. The lowest BCUT2D eigenvalue weighted by Gasteiger charge is -2.32. The topological polar surface area (TPSA) is 83.7 Å². The number of benzene rings is 1. The molecular formula is C18H25N3O3. The number of aryl methyl sites for hydroxylation is 1. The third-order valence-electron chi connectivity index (χ3n) is 4.41. The van der Waals surface area contributed by atoms with Crippen molar-refractivity contribution in [3.8, 4) is 0 Å². The molecule has 0 saturated heterocycles. The van der Waals surface area contributed by atoms with Crippen LogP contribution in [0.2, 0.25) is 0 Å². The van der Waals surface area contributed by atoms with Crippen molar-refractivity contribution in [3.05, 3.63) is 34.9 Å². The first-order valence-electron chi connectivity index (χ1n) is 8.02. The maximum Gasteiger partial charge on any atom is 0.262 e. The third-order valence-corrected chi connectivity index (χ3v) is 4.41. The Hall–Kier alpha value is -2.21. The number of fused-ring (bicyclic) bond motifs is 1. The predicted octanol–water partition coefficient (Wildman–Crippen LogP) is 1.42. The van der Waals surface area contributed by atoms with E-state index in [1.807, 2.05) is 20.8 Å². The van der Waals surface area contributed by atoms with Gasteiger partial charge < -0.3 is 10.6 Å². The van der Waals surface area contributed by atoms with Crippen LogP contribution in [0.4, 0.5) is 0 Å². The number of amides is 3. The molecule has 6 heteroatoms. The highest BCUT2D eigenvalue weighted by molar-refractivity contribution is 6.22. The molecule has 0 saturated carbocycles. The number of rotatable bonds is 5. The number of imide groups is 1. The van der Waals surface area contributed by atoms with Gasteiger partial charge >= 0.3 is 0 Å². The zero-order valence-electron chi connectivity index (χ0n) is 14.9. The molecule has 1 heterocycles. The molecule has 24 heavy (non-hydrogen) atoms. The van der Waals surface area contributed by atoms with Crippen LogP contribution in [0.5, 0.6) is 0 Å². The van der Waals surface area contributed by atoms with E-state index < -0.39 is 17.9 Å². The number of carbonyl (C=O) groups excluding carboxylic acids is 3. The standard InChI is InChI=1S/C18H25N3O3/c1-11-6-7-13-14(8-11)17(24)21(16(13)23)12(2)15(22)20(5)10-18(3,4)9-19/h6-8,12H,9-10,19H2,1-5H3. The molecule has 1 atom stereocenters. The van der Waals surface area contributed by atoms with Crippen LogP contribution in [0.1, 0.15) is 47.1 Å². The van der Waals surface area contributed by atoms with Gasteiger partial charge in [-0.2, -0.15) is 0 Å². The first-order valence-corrected chi connectivity index (χ1v) is 8.02. The summed E-state index contributed by atoms with van der Waals surface area (Å²) in [7, 11) is 1.67. The minimum absolute atomic E-state index is 0.233. The molecule has 1 unspecified atom stereocenters. The van der Waals surface area contributed by atoms with Crippen LogP contribution in [-0.2, 0) is 4.79 Å². The number of carbonyl (C=O) groups is 3. The number of hydrogen-bond donors (Lipinski definition) is 1. The molecule has 130 valence electrons. The van der Waals surface area contributed by atoms with Crippen LogP contribution in [0.25, 0.3) is 0 Å². The summed E-state index contributed by atoms with van der Waals surface area (Å²) in [6.45, 7) is 8.26. The van der Waals surface area contributed by atoms with Gasteiger partial charge in [0.25, 0.3) is 11.8 Å². The van der Waals surface area contributed by atoms with Gasteiger partial charge in [-0.05, 0) is 37.9 Å². The van der Waals surface area contributed by atoms with Crippen LogP contribution in [-0.4, -0.2) is 53.7 Å². The molecule has 0 aliphatic carbocycles. The van der Waals surface area contributed by atoms with Gasteiger partial charge in [0.2, 0.25) is 5.91 Å². The van der Waals surface area contributed by atoms with Gasteiger partial charge in [-0.15, -0.1) is 0 Å². The Morgan fingerprint density at radius 3 is 2.42 bits per heavy atom. The molecule has 0 spiro atoms. The van der Waals surface area contributed by atoms with Gasteiger partial charge in [-0.3, -0.25) is 19.3 Å². The van der Waals surface area contributed by atoms with Crippen LogP contribution >= 0.6 is 0 Å². The van der Waals surface area contributed by atoms with E-state index in [-0.39, 0.29) is 11.3 Å². The molecule has 0 bridgehead atoms. The van der Waals surface area contributed by atoms with Crippen LogP contribution in [0, 0.1) is 12.3 Å². The fourth-order valence-corrected chi connectivity index (χ4v) is 2.94. The molecule has 1 aliphatic rings. The van der Waals surface area contributed by atoms with Gasteiger partial charge in [0, 0.05) is 13.6 Å². The van der Waals surface area contributed by atoms with Crippen molar-refractivity contribution < 1.29 is 14.4 Å². The SMILES string of the molecule is Cc1ccc2c(c1)C(=O)N(C(C)C(=O)N(C)CC(C)(C)CN)C2=O. The summed E-state index contributed by atoms with van der Waals surface area (Å²) in [6.07, 6.45) is 0. The number of nitrogens with two attached hydrogens (primary N) is 1. The van der Waals surface area contributed by atoms with Gasteiger partial charge in [-0.1, -0.05) is 25.5 Å². The molecule has 1 aliphatic heterocycles. The Balaban J connectivity index is 2.21. The van der Waals surface area contributed by atoms with E-state index in [1.54, 1.807) is 32.2 Å². The van der Waals surface area contributed by atoms with Gasteiger partial charge in [-0.25, -0.2) is 0 Å². The average molecular weight is 331 g/mol. The smallest absolute Gasteiger partial charge is 0.262 e. The monoisotopic (exact) mass is 331 g/mol. The van der Waals surface area contributed by atoms with E-state index >= 15 is 0 Å². The highest BCUT2D eigenvalue weighted by Gasteiger charge is 2.41. The zero-order chi connectivity index (χ0) is 18.2. The molecule has 0 fully saturated rings. The van der Waals surface area contributed by atoms with Crippen molar-refractivity contribution in [1.29, 1.82) is 0 Å². The minimum Gasteiger partial charge on any atom is -0.343 e. The normalized spacial score (nSPS) is 15.5. The Morgan fingerprint density at radius 1 is 1.25 bits per heavy atom.